The minimum atomic E-state index is -0.00942. The van der Waals surface area contributed by atoms with Crippen molar-refractivity contribution in [3.63, 3.8) is 0 Å². The van der Waals surface area contributed by atoms with E-state index >= 15 is 0 Å². The molecule has 0 saturated carbocycles. The van der Waals surface area contributed by atoms with Crippen LogP contribution in [0.5, 0.6) is 0 Å². The summed E-state index contributed by atoms with van der Waals surface area (Å²) in [4.78, 5) is 12.1. The Hall–Kier alpha value is 0.0900. The van der Waals surface area contributed by atoms with Gasteiger partial charge >= 0.3 is 0 Å². The van der Waals surface area contributed by atoms with Gasteiger partial charge < -0.3 is 11.1 Å². The van der Waals surface area contributed by atoms with Gasteiger partial charge in [-0.1, -0.05) is 29.8 Å². The van der Waals surface area contributed by atoms with Crippen LogP contribution in [0.1, 0.15) is 26.7 Å². The van der Waals surface area contributed by atoms with Crippen molar-refractivity contribution in [3.05, 3.63) is 25.6 Å². The molecule has 0 radical (unpaired) electrons. The molecule has 3 nitrogen and oxygen atoms in total. The lowest BCUT2D eigenvalue weighted by atomic mass is 9.94. The second-order valence-electron chi connectivity index (χ2n) is 5.23. The Morgan fingerprint density at radius 3 is 2.25 bits per heavy atom. The molecule has 1 rings (SSSR count). The molecule has 0 heterocycles. The van der Waals surface area contributed by atoms with Crippen LogP contribution >= 0.6 is 47.8 Å². The van der Waals surface area contributed by atoms with Gasteiger partial charge in [0.05, 0.1) is 5.69 Å². The van der Waals surface area contributed by atoms with E-state index in [-0.39, 0.29) is 11.8 Å². The fraction of sp³-hybridized carbons (Fsp3) is 0.500. The summed E-state index contributed by atoms with van der Waals surface area (Å²) >= 11 is 10.3. The van der Waals surface area contributed by atoms with E-state index < -0.39 is 0 Å². The summed E-state index contributed by atoms with van der Waals surface area (Å²) < 4.78 is 2.61. The van der Waals surface area contributed by atoms with Gasteiger partial charge in [-0.25, -0.2) is 0 Å². The highest BCUT2D eigenvalue weighted by atomic mass is 79.9. The Morgan fingerprint density at radius 2 is 1.80 bits per heavy atom. The number of rotatable bonds is 6. The summed E-state index contributed by atoms with van der Waals surface area (Å²) in [5.74, 6) is 0.760. The molecule has 1 amide bonds. The number of hydrogen-bond donors (Lipinski definition) is 2. The van der Waals surface area contributed by atoms with E-state index in [0.29, 0.717) is 18.9 Å². The number of carbonyl (C=O) groups excluding carboxylic acids is 1. The summed E-state index contributed by atoms with van der Waals surface area (Å²) in [6, 6.07) is 3.80. The average molecular weight is 471 g/mol. The number of amides is 1. The highest BCUT2D eigenvalue weighted by molar-refractivity contribution is 9.11. The molecule has 1 atom stereocenters. The van der Waals surface area contributed by atoms with E-state index in [4.69, 9.17) is 5.73 Å². The number of anilines is 1. The molecule has 0 saturated heterocycles. The van der Waals surface area contributed by atoms with Crippen LogP contribution in [0, 0.1) is 11.8 Å². The largest absolute Gasteiger partial charge is 0.330 e. The van der Waals surface area contributed by atoms with Gasteiger partial charge in [-0.3, -0.25) is 4.79 Å². The Kier molecular flexibility index (Phi) is 7.72. The maximum absolute atomic E-state index is 12.1. The zero-order valence-electron chi connectivity index (χ0n) is 11.6. The van der Waals surface area contributed by atoms with Crippen LogP contribution in [-0.4, -0.2) is 12.5 Å². The number of nitrogens with two attached hydrogens (primary N) is 1. The molecular weight excluding hydrogens is 452 g/mol. The molecule has 1 aromatic carbocycles. The van der Waals surface area contributed by atoms with Crippen molar-refractivity contribution in [2.45, 2.75) is 26.7 Å². The van der Waals surface area contributed by atoms with Crippen molar-refractivity contribution in [1.82, 2.24) is 0 Å². The highest BCUT2D eigenvalue weighted by Crippen LogP contribution is 2.34. The first-order chi connectivity index (χ1) is 9.33. The molecule has 0 aliphatic carbocycles. The second-order valence-corrected chi connectivity index (χ2v) is 7.85. The predicted molar refractivity (Wildman–Crippen MR) is 94.8 cm³/mol. The lowest BCUT2D eigenvalue weighted by Crippen LogP contribution is -2.23. The average Bonchev–Trinajstić information content (AvgIpc) is 2.32. The van der Waals surface area contributed by atoms with E-state index in [9.17, 15) is 4.79 Å². The zero-order valence-corrected chi connectivity index (χ0v) is 16.3. The first-order valence-corrected chi connectivity index (χ1v) is 8.85. The van der Waals surface area contributed by atoms with Crippen LogP contribution in [0.2, 0.25) is 0 Å². The Balaban J connectivity index is 2.71. The van der Waals surface area contributed by atoms with Gasteiger partial charge in [0.15, 0.2) is 0 Å². The summed E-state index contributed by atoms with van der Waals surface area (Å²) in [6.45, 7) is 4.82. The van der Waals surface area contributed by atoms with Crippen molar-refractivity contribution in [2.75, 3.05) is 11.9 Å². The van der Waals surface area contributed by atoms with Crippen molar-refractivity contribution in [1.29, 1.82) is 0 Å². The molecule has 3 N–H and O–H groups in total. The van der Waals surface area contributed by atoms with Crippen molar-refractivity contribution in [2.24, 2.45) is 17.6 Å². The van der Waals surface area contributed by atoms with Gasteiger partial charge in [0, 0.05) is 19.8 Å². The molecule has 0 aliphatic rings. The third-order valence-electron chi connectivity index (χ3n) is 2.88. The molecule has 6 heteroatoms. The first-order valence-electron chi connectivity index (χ1n) is 6.48. The van der Waals surface area contributed by atoms with Crippen molar-refractivity contribution < 1.29 is 4.79 Å². The molecule has 0 spiro atoms. The normalized spacial score (nSPS) is 12.6. The van der Waals surface area contributed by atoms with Gasteiger partial charge in [-0.05, 0) is 68.8 Å². The minimum absolute atomic E-state index is 0.00942. The van der Waals surface area contributed by atoms with E-state index in [2.05, 4.69) is 67.0 Å². The van der Waals surface area contributed by atoms with Crippen LogP contribution in [-0.2, 0) is 4.79 Å². The maximum Gasteiger partial charge on any atom is 0.224 e. The van der Waals surface area contributed by atoms with Crippen molar-refractivity contribution in [3.8, 4) is 0 Å². The molecule has 0 bridgehead atoms. The highest BCUT2D eigenvalue weighted by Gasteiger charge is 2.16. The van der Waals surface area contributed by atoms with Crippen LogP contribution < -0.4 is 11.1 Å². The first kappa shape index (κ1) is 18.1. The monoisotopic (exact) mass is 468 g/mol. The Bertz CT molecular complexity index is 454. The maximum atomic E-state index is 12.1. The Morgan fingerprint density at radius 1 is 1.25 bits per heavy atom. The smallest absolute Gasteiger partial charge is 0.224 e. The van der Waals surface area contributed by atoms with Gasteiger partial charge in [0.2, 0.25) is 5.91 Å². The lowest BCUT2D eigenvalue weighted by Gasteiger charge is -2.17. The van der Waals surface area contributed by atoms with Crippen molar-refractivity contribution >= 4 is 59.4 Å². The van der Waals surface area contributed by atoms with Gasteiger partial charge in [0.1, 0.15) is 0 Å². The Labute approximate surface area is 145 Å². The van der Waals surface area contributed by atoms with E-state index in [0.717, 1.165) is 25.5 Å². The molecule has 0 aromatic heterocycles. The number of halogens is 3. The molecular formula is C14H19Br3N2O. The molecule has 0 aliphatic heterocycles. The van der Waals surface area contributed by atoms with E-state index in [1.807, 2.05) is 12.1 Å². The summed E-state index contributed by atoms with van der Waals surface area (Å²) in [5.41, 5.74) is 6.49. The zero-order chi connectivity index (χ0) is 15.3. The SMILES string of the molecule is CC(C)CC(CN)CC(=O)Nc1c(Br)cc(Br)cc1Br. The number of nitrogens with one attached hydrogen (secondary N) is 1. The van der Waals surface area contributed by atoms with Gasteiger partial charge in [0.25, 0.3) is 0 Å². The predicted octanol–water partition coefficient (Wildman–Crippen LogP) is 4.92. The van der Waals surface area contributed by atoms with Crippen LogP contribution in [0.25, 0.3) is 0 Å². The number of benzene rings is 1. The summed E-state index contributed by atoms with van der Waals surface area (Å²) in [5, 5.41) is 2.93. The van der Waals surface area contributed by atoms with Gasteiger partial charge in [-0.2, -0.15) is 0 Å². The number of carbonyl (C=O) groups is 1. The summed E-state index contributed by atoms with van der Waals surface area (Å²) in [7, 11) is 0. The lowest BCUT2D eigenvalue weighted by molar-refractivity contribution is -0.117. The topological polar surface area (TPSA) is 55.1 Å². The van der Waals surface area contributed by atoms with Crippen LogP contribution in [0.3, 0.4) is 0 Å². The molecule has 112 valence electrons. The molecule has 1 unspecified atom stereocenters. The van der Waals surface area contributed by atoms with Gasteiger partial charge in [-0.15, -0.1) is 0 Å². The fourth-order valence-electron chi connectivity index (χ4n) is 2.04. The number of hydrogen-bond acceptors (Lipinski definition) is 2. The molecule has 1 aromatic rings. The molecule has 0 fully saturated rings. The quantitative estimate of drug-likeness (QED) is 0.619. The van der Waals surface area contributed by atoms with E-state index in [1.165, 1.54) is 0 Å². The third kappa shape index (κ3) is 5.84. The second kappa shape index (κ2) is 8.51. The summed E-state index contributed by atoms with van der Waals surface area (Å²) in [6.07, 6.45) is 1.41. The fourth-order valence-corrected chi connectivity index (χ4v) is 4.50. The van der Waals surface area contributed by atoms with E-state index in [1.54, 1.807) is 0 Å². The standard InChI is InChI=1S/C14H19Br3N2O/c1-8(2)3-9(7-18)4-13(20)19-14-11(16)5-10(15)6-12(14)17/h5-6,8-9H,3-4,7,18H2,1-2H3,(H,19,20). The van der Waals surface area contributed by atoms with Crippen LogP contribution in [0.15, 0.2) is 25.6 Å². The third-order valence-corrected chi connectivity index (χ3v) is 4.59. The minimum Gasteiger partial charge on any atom is -0.330 e. The molecule has 20 heavy (non-hydrogen) atoms. The van der Waals surface area contributed by atoms with Crippen LogP contribution in [0.4, 0.5) is 5.69 Å².